The predicted octanol–water partition coefficient (Wildman–Crippen LogP) is -1.62. The summed E-state index contributed by atoms with van der Waals surface area (Å²) in [5.41, 5.74) is 9.82. The topological polar surface area (TPSA) is 69.1 Å². The van der Waals surface area contributed by atoms with Crippen molar-refractivity contribution in [3.05, 3.63) is 0 Å². The fourth-order valence-electron chi connectivity index (χ4n) is 0.0481. The lowest BCUT2D eigenvalue weighted by Gasteiger charge is -1.89. The number of carbonyl (C=O) groups excluding carboxylic acids is 1. The molecule has 0 aliphatic carbocycles. The Labute approximate surface area is 36.3 Å². The quantitative estimate of drug-likeness (QED) is 0.425. The smallest absolute Gasteiger partial charge is 0.218 e. The van der Waals surface area contributed by atoms with Gasteiger partial charge in [-0.15, -0.1) is 0 Å². The first kappa shape index (κ1) is 5.59. The van der Waals surface area contributed by atoms with Gasteiger partial charge in [0.1, 0.15) is 0 Å². The van der Waals surface area contributed by atoms with E-state index in [9.17, 15) is 4.79 Å². The van der Waals surface area contributed by atoms with Crippen LogP contribution in [0.2, 0.25) is 0 Å². The summed E-state index contributed by atoms with van der Waals surface area (Å²) < 4.78 is 0. The molecule has 3 nitrogen and oxygen atoms in total. The van der Waals surface area contributed by atoms with Gasteiger partial charge in [0.2, 0.25) is 6.29 Å². The largest absolute Gasteiger partial charge is 0.328 e. The van der Waals surface area contributed by atoms with E-state index in [0.717, 1.165) is 0 Å². The minimum Gasteiger partial charge on any atom is -0.328 e. The molecule has 0 fully saturated rings. The molecule has 35 valence electrons. The lowest BCUT2D eigenvalue weighted by atomic mass is 10.4. The summed E-state index contributed by atoms with van der Waals surface area (Å²) in [7, 11) is 0. The van der Waals surface area contributed by atoms with E-state index in [0.29, 0.717) is 0 Å². The van der Waals surface area contributed by atoms with Crippen LogP contribution in [-0.4, -0.2) is 18.9 Å². The summed E-state index contributed by atoms with van der Waals surface area (Å²) in [5.74, 6) is 0. The van der Waals surface area contributed by atoms with Gasteiger partial charge in [0.15, 0.2) is 0 Å². The molecule has 0 saturated carbocycles. The van der Waals surface area contributed by atoms with Crippen molar-refractivity contribution >= 4 is 6.29 Å². The molecule has 0 spiro atoms. The average Bonchev–Trinajstić information content (AvgIpc) is 1.65. The van der Waals surface area contributed by atoms with Crippen molar-refractivity contribution in [2.24, 2.45) is 11.5 Å². The molecule has 0 amide bonds. The van der Waals surface area contributed by atoms with Crippen LogP contribution in [0.25, 0.3) is 0 Å². The number of rotatable bonds is 2. The fourth-order valence-corrected chi connectivity index (χ4v) is 0.0481. The zero-order chi connectivity index (χ0) is 4.99. The van der Waals surface area contributed by atoms with E-state index in [1.807, 2.05) is 0 Å². The van der Waals surface area contributed by atoms with Crippen LogP contribution >= 0.6 is 0 Å². The van der Waals surface area contributed by atoms with Gasteiger partial charge in [-0.1, -0.05) is 0 Å². The third kappa shape index (κ3) is 1.87. The first-order chi connectivity index (χ1) is 2.81. The van der Waals surface area contributed by atoms with E-state index in [-0.39, 0.29) is 6.54 Å². The third-order valence-electron chi connectivity index (χ3n) is 0.405. The maximum atomic E-state index is 9.41. The van der Waals surface area contributed by atoms with E-state index in [1.54, 1.807) is 0 Å². The minimum atomic E-state index is -0.593. The zero-order valence-electron chi connectivity index (χ0n) is 3.35. The van der Waals surface area contributed by atoms with Crippen molar-refractivity contribution in [3.63, 3.8) is 0 Å². The van der Waals surface area contributed by atoms with E-state index in [2.05, 4.69) is 0 Å². The highest BCUT2D eigenvalue weighted by atomic mass is 16.1. The molecule has 6 heavy (non-hydrogen) atoms. The fraction of sp³-hybridized carbons (Fsp3) is 0.667. The van der Waals surface area contributed by atoms with Gasteiger partial charge in [0.05, 0.1) is 6.04 Å². The Kier molecular flexibility index (Phi) is 2.62. The van der Waals surface area contributed by atoms with Gasteiger partial charge in [-0.05, 0) is 0 Å². The molecule has 0 aromatic heterocycles. The standard InChI is InChI=1S/C3H7N2O/c4-1-3(5)2-6/h3H,1,4-5H2/t3-/m1/s1. The highest BCUT2D eigenvalue weighted by molar-refractivity contribution is 5.58. The summed E-state index contributed by atoms with van der Waals surface area (Å²) >= 11 is 0. The second-order valence-electron chi connectivity index (χ2n) is 0.960. The van der Waals surface area contributed by atoms with Crippen LogP contribution in [0.3, 0.4) is 0 Å². The van der Waals surface area contributed by atoms with Crippen LogP contribution in [-0.2, 0) is 4.79 Å². The molecule has 0 saturated heterocycles. The first-order valence-electron chi connectivity index (χ1n) is 1.64. The van der Waals surface area contributed by atoms with Gasteiger partial charge in [-0.25, -0.2) is 0 Å². The molecule has 0 unspecified atom stereocenters. The average molecular weight is 87.1 g/mol. The van der Waals surface area contributed by atoms with Crippen molar-refractivity contribution in [2.45, 2.75) is 6.04 Å². The lowest BCUT2D eigenvalue weighted by Crippen LogP contribution is -2.30. The SMILES string of the molecule is NC[C@@H](N)[C]=O. The monoisotopic (exact) mass is 87.1 g/mol. The molecule has 0 aromatic carbocycles. The van der Waals surface area contributed by atoms with Crippen molar-refractivity contribution in [1.29, 1.82) is 0 Å². The molecule has 4 N–H and O–H groups in total. The maximum Gasteiger partial charge on any atom is 0.218 e. The molecule has 0 heterocycles. The van der Waals surface area contributed by atoms with Crippen LogP contribution in [0, 0.1) is 0 Å². The number of nitrogens with two attached hydrogens (primary N) is 2. The summed E-state index contributed by atoms with van der Waals surface area (Å²) in [6, 6.07) is -0.593. The van der Waals surface area contributed by atoms with Crippen LogP contribution < -0.4 is 11.5 Å². The van der Waals surface area contributed by atoms with Crippen molar-refractivity contribution in [3.8, 4) is 0 Å². The third-order valence-corrected chi connectivity index (χ3v) is 0.405. The molecule has 0 aliphatic heterocycles. The van der Waals surface area contributed by atoms with Gasteiger partial charge < -0.3 is 11.5 Å². The Bertz CT molecular complexity index is 46.1. The van der Waals surface area contributed by atoms with Crippen LogP contribution in [0.15, 0.2) is 0 Å². The first-order valence-corrected chi connectivity index (χ1v) is 1.64. The second-order valence-corrected chi connectivity index (χ2v) is 0.960. The molecule has 0 rings (SSSR count). The zero-order valence-corrected chi connectivity index (χ0v) is 3.35. The van der Waals surface area contributed by atoms with E-state index in [4.69, 9.17) is 11.5 Å². The van der Waals surface area contributed by atoms with Gasteiger partial charge in [0.25, 0.3) is 0 Å². The molecular weight excluding hydrogens is 80.0 g/mol. The summed E-state index contributed by atoms with van der Waals surface area (Å²) in [5, 5.41) is 0. The Morgan fingerprint density at radius 1 is 1.83 bits per heavy atom. The molecule has 1 atom stereocenters. The van der Waals surface area contributed by atoms with Gasteiger partial charge in [-0.2, -0.15) is 0 Å². The Morgan fingerprint density at radius 2 is 2.33 bits per heavy atom. The lowest BCUT2D eigenvalue weighted by molar-refractivity contribution is 0.542. The summed E-state index contributed by atoms with van der Waals surface area (Å²) in [6.45, 7) is 0.184. The van der Waals surface area contributed by atoms with E-state index in [1.165, 1.54) is 6.29 Å². The Morgan fingerprint density at radius 3 is 2.33 bits per heavy atom. The molecule has 0 bridgehead atoms. The van der Waals surface area contributed by atoms with Crippen molar-refractivity contribution in [2.75, 3.05) is 6.54 Å². The second kappa shape index (κ2) is 2.81. The van der Waals surface area contributed by atoms with Crippen LogP contribution in [0.5, 0.6) is 0 Å². The maximum absolute atomic E-state index is 9.41. The van der Waals surface area contributed by atoms with Gasteiger partial charge >= 0.3 is 0 Å². The summed E-state index contributed by atoms with van der Waals surface area (Å²) in [4.78, 5) is 9.41. The highest BCUT2D eigenvalue weighted by Gasteiger charge is 1.91. The molecule has 1 radical (unpaired) electrons. The Balaban J connectivity index is 2.96. The molecule has 0 aromatic rings. The van der Waals surface area contributed by atoms with E-state index < -0.39 is 6.04 Å². The summed E-state index contributed by atoms with van der Waals surface area (Å²) in [6.07, 6.45) is 1.52. The van der Waals surface area contributed by atoms with Crippen molar-refractivity contribution in [1.82, 2.24) is 0 Å². The van der Waals surface area contributed by atoms with Gasteiger partial charge in [0, 0.05) is 6.54 Å². The van der Waals surface area contributed by atoms with E-state index >= 15 is 0 Å². The molecule has 3 heteroatoms. The number of hydrogen-bond acceptors (Lipinski definition) is 3. The van der Waals surface area contributed by atoms with Crippen LogP contribution in [0.1, 0.15) is 0 Å². The number of hydrogen-bond donors (Lipinski definition) is 2. The Hall–Kier alpha value is -0.410. The van der Waals surface area contributed by atoms with Crippen molar-refractivity contribution < 1.29 is 4.79 Å². The van der Waals surface area contributed by atoms with Crippen LogP contribution in [0.4, 0.5) is 0 Å². The highest BCUT2D eigenvalue weighted by Crippen LogP contribution is 1.56. The molecular formula is C3H7N2O. The minimum absolute atomic E-state index is 0.184. The normalized spacial score (nSPS) is 13.7. The predicted molar refractivity (Wildman–Crippen MR) is 22.7 cm³/mol. The van der Waals surface area contributed by atoms with Gasteiger partial charge in [-0.3, -0.25) is 4.79 Å². The molecule has 0 aliphatic rings.